The molecule has 0 saturated carbocycles. The molecule has 1 heterocycles. The SMILES string of the molecule is CC1(C)CCc2cccc(CCON)c2O1. The van der Waals surface area contributed by atoms with Crippen LogP contribution in [0.3, 0.4) is 0 Å². The van der Waals surface area contributed by atoms with Crippen molar-refractivity contribution in [2.45, 2.75) is 38.7 Å². The Morgan fingerprint density at radius 1 is 1.44 bits per heavy atom. The first-order chi connectivity index (χ1) is 7.62. The number of hydrogen-bond donors (Lipinski definition) is 1. The van der Waals surface area contributed by atoms with E-state index in [-0.39, 0.29) is 5.60 Å². The van der Waals surface area contributed by atoms with Gasteiger partial charge in [0.25, 0.3) is 0 Å². The normalized spacial score (nSPS) is 17.7. The lowest BCUT2D eigenvalue weighted by Crippen LogP contribution is -2.33. The zero-order valence-corrected chi connectivity index (χ0v) is 9.95. The van der Waals surface area contributed by atoms with Gasteiger partial charge in [0, 0.05) is 6.42 Å². The molecule has 1 aromatic carbocycles. The van der Waals surface area contributed by atoms with Gasteiger partial charge in [-0.1, -0.05) is 18.2 Å². The van der Waals surface area contributed by atoms with E-state index < -0.39 is 0 Å². The molecule has 0 fully saturated rings. The van der Waals surface area contributed by atoms with Gasteiger partial charge in [0.05, 0.1) is 6.61 Å². The largest absolute Gasteiger partial charge is 0.487 e. The molecule has 0 radical (unpaired) electrons. The highest BCUT2D eigenvalue weighted by Crippen LogP contribution is 2.35. The van der Waals surface area contributed by atoms with Crippen molar-refractivity contribution in [3.05, 3.63) is 29.3 Å². The maximum Gasteiger partial charge on any atom is 0.126 e. The van der Waals surface area contributed by atoms with Gasteiger partial charge >= 0.3 is 0 Å². The molecular weight excluding hydrogens is 202 g/mol. The van der Waals surface area contributed by atoms with Crippen LogP contribution < -0.4 is 10.6 Å². The molecule has 0 saturated heterocycles. The Balaban J connectivity index is 2.27. The lowest BCUT2D eigenvalue weighted by atomic mass is 9.92. The molecule has 2 rings (SSSR count). The van der Waals surface area contributed by atoms with Gasteiger partial charge in [0.2, 0.25) is 0 Å². The molecule has 0 atom stereocenters. The van der Waals surface area contributed by atoms with Crippen molar-refractivity contribution in [3.8, 4) is 5.75 Å². The van der Waals surface area contributed by atoms with Crippen LogP contribution in [0, 0.1) is 0 Å². The summed E-state index contributed by atoms with van der Waals surface area (Å²) < 4.78 is 6.05. The van der Waals surface area contributed by atoms with Crippen LogP contribution >= 0.6 is 0 Å². The molecule has 2 N–H and O–H groups in total. The molecule has 3 nitrogen and oxygen atoms in total. The average molecular weight is 221 g/mol. The maximum atomic E-state index is 6.05. The van der Waals surface area contributed by atoms with E-state index in [2.05, 4.69) is 36.9 Å². The zero-order valence-electron chi connectivity index (χ0n) is 9.95. The summed E-state index contributed by atoms with van der Waals surface area (Å²) in [6.45, 7) is 4.79. The van der Waals surface area contributed by atoms with Crippen molar-refractivity contribution in [1.29, 1.82) is 0 Å². The monoisotopic (exact) mass is 221 g/mol. The van der Waals surface area contributed by atoms with Crippen LogP contribution in [-0.2, 0) is 17.7 Å². The molecule has 88 valence electrons. The van der Waals surface area contributed by atoms with E-state index in [0.717, 1.165) is 25.0 Å². The van der Waals surface area contributed by atoms with Crippen molar-refractivity contribution >= 4 is 0 Å². The molecule has 0 aliphatic carbocycles. The number of aryl methyl sites for hydroxylation is 1. The Kier molecular flexibility index (Phi) is 3.17. The highest BCUT2D eigenvalue weighted by atomic mass is 16.6. The Morgan fingerprint density at radius 2 is 2.25 bits per heavy atom. The van der Waals surface area contributed by atoms with E-state index in [0.29, 0.717) is 6.61 Å². The Morgan fingerprint density at radius 3 is 3.00 bits per heavy atom. The van der Waals surface area contributed by atoms with Gasteiger partial charge in [-0.3, -0.25) is 0 Å². The van der Waals surface area contributed by atoms with Crippen LogP contribution in [0.15, 0.2) is 18.2 Å². The van der Waals surface area contributed by atoms with Gasteiger partial charge in [0.15, 0.2) is 0 Å². The summed E-state index contributed by atoms with van der Waals surface area (Å²) in [5.41, 5.74) is 2.43. The van der Waals surface area contributed by atoms with Gasteiger partial charge in [0.1, 0.15) is 11.4 Å². The molecule has 16 heavy (non-hydrogen) atoms. The van der Waals surface area contributed by atoms with Gasteiger partial charge in [-0.15, -0.1) is 0 Å². The average Bonchev–Trinajstić information content (AvgIpc) is 2.25. The Hall–Kier alpha value is -1.06. The fourth-order valence-corrected chi connectivity index (χ4v) is 2.09. The van der Waals surface area contributed by atoms with Crippen LogP contribution in [0.1, 0.15) is 31.4 Å². The summed E-state index contributed by atoms with van der Waals surface area (Å²) in [4.78, 5) is 4.63. The number of rotatable bonds is 3. The molecule has 1 aliphatic rings. The Labute approximate surface area is 96.5 Å². The molecule has 0 spiro atoms. The van der Waals surface area contributed by atoms with E-state index in [1.165, 1.54) is 11.1 Å². The van der Waals surface area contributed by atoms with E-state index >= 15 is 0 Å². The van der Waals surface area contributed by atoms with Crippen molar-refractivity contribution in [2.24, 2.45) is 5.90 Å². The minimum absolute atomic E-state index is 0.0628. The van der Waals surface area contributed by atoms with Crippen LogP contribution in [0.5, 0.6) is 5.75 Å². The van der Waals surface area contributed by atoms with Crippen molar-refractivity contribution < 1.29 is 9.57 Å². The second-order valence-corrected chi connectivity index (χ2v) is 4.89. The molecular formula is C13H19NO2. The quantitative estimate of drug-likeness (QED) is 0.796. The molecule has 0 aromatic heterocycles. The van der Waals surface area contributed by atoms with Crippen molar-refractivity contribution in [3.63, 3.8) is 0 Å². The second-order valence-electron chi connectivity index (χ2n) is 4.89. The number of benzene rings is 1. The van der Waals surface area contributed by atoms with Gasteiger partial charge in [-0.25, -0.2) is 5.90 Å². The lowest BCUT2D eigenvalue weighted by molar-refractivity contribution is 0.0817. The smallest absolute Gasteiger partial charge is 0.126 e. The van der Waals surface area contributed by atoms with Crippen molar-refractivity contribution in [1.82, 2.24) is 0 Å². The first-order valence-electron chi connectivity index (χ1n) is 5.74. The molecule has 3 heteroatoms. The van der Waals surface area contributed by atoms with E-state index in [4.69, 9.17) is 10.6 Å². The predicted molar refractivity (Wildman–Crippen MR) is 63.3 cm³/mol. The number of ether oxygens (including phenoxy) is 1. The van der Waals surface area contributed by atoms with Crippen LogP contribution in [0.4, 0.5) is 0 Å². The fourth-order valence-electron chi connectivity index (χ4n) is 2.09. The number of fused-ring (bicyclic) bond motifs is 1. The highest BCUT2D eigenvalue weighted by Gasteiger charge is 2.27. The van der Waals surface area contributed by atoms with Crippen LogP contribution in [0.2, 0.25) is 0 Å². The standard InChI is InChI=1S/C13H19NO2/c1-13(2)8-6-10-4-3-5-11(7-9-15-14)12(10)16-13/h3-5H,6-9,14H2,1-2H3. The summed E-state index contributed by atoms with van der Waals surface area (Å²) in [5.74, 6) is 6.10. The van der Waals surface area contributed by atoms with Crippen LogP contribution in [-0.4, -0.2) is 12.2 Å². The molecule has 0 amide bonds. The number of para-hydroxylation sites is 1. The predicted octanol–water partition coefficient (Wildman–Crippen LogP) is 2.22. The van der Waals surface area contributed by atoms with E-state index in [1.807, 2.05) is 0 Å². The third-order valence-electron chi connectivity index (χ3n) is 3.04. The van der Waals surface area contributed by atoms with Crippen molar-refractivity contribution in [2.75, 3.05) is 6.61 Å². The lowest BCUT2D eigenvalue weighted by Gasteiger charge is -2.33. The maximum absolute atomic E-state index is 6.05. The summed E-state index contributed by atoms with van der Waals surface area (Å²) in [7, 11) is 0. The molecule has 0 unspecified atom stereocenters. The summed E-state index contributed by atoms with van der Waals surface area (Å²) >= 11 is 0. The topological polar surface area (TPSA) is 44.5 Å². The third-order valence-corrected chi connectivity index (χ3v) is 3.04. The number of hydrogen-bond acceptors (Lipinski definition) is 3. The highest BCUT2D eigenvalue weighted by molar-refractivity contribution is 5.43. The fraction of sp³-hybridized carbons (Fsp3) is 0.538. The number of nitrogens with two attached hydrogens (primary N) is 1. The summed E-state index contributed by atoms with van der Waals surface area (Å²) in [6.07, 6.45) is 2.95. The summed E-state index contributed by atoms with van der Waals surface area (Å²) in [6, 6.07) is 6.29. The van der Waals surface area contributed by atoms with Gasteiger partial charge < -0.3 is 9.57 Å². The minimum Gasteiger partial charge on any atom is -0.487 e. The van der Waals surface area contributed by atoms with E-state index in [9.17, 15) is 0 Å². The molecule has 0 bridgehead atoms. The van der Waals surface area contributed by atoms with Gasteiger partial charge in [-0.2, -0.15) is 0 Å². The van der Waals surface area contributed by atoms with Gasteiger partial charge in [-0.05, 0) is 37.8 Å². The minimum atomic E-state index is -0.0628. The van der Waals surface area contributed by atoms with E-state index in [1.54, 1.807) is 0 Å². The second kappa shape index (κ2) is 4.44. The molecule has 1 aliphatic heterocycles. The zero-order chi connectivity index (χ0) is 11.6. The third kappa shape index (κ3) is 2.36. The molecule has 1 aromatic rings. The summed E-state index contributed by atoms with van der Waals surface area (Å²) in [5, 5.41) is 0. The van der Waals surface area contributed by atoms with Crippen LogP contribution in [0.25, 0.3) is 0 Å². The Bertz CT molecular complexity index is 374. The first kappa shape index (κ1) is 11.4. The first-order valence-corrected chi connectivity index (χ1v) is 5.74.